The Morgan fingerprint density at radius 3 is 2.18 bits per heavy atom. The fourth-order valence-electron chi connectivity index (χ4n) is 3.44. The van der Waals surface area contributed by atoms with Crippen molar-refractivity contribution in [3.8, 4) is 11.5 Å². The highest BCUT2D eigenvalue weighted by atomic mass is 32.2. The molecule has 5 nitrogen and oxygen atoms in total. The Morgan fingerprint density at radius 2 is 1.57 bits per heavy atom. The first kappa shape index (κ1) is 20.6. The molecule has 1 aliphatic rings. The lowest BCUT2D eigenvalue weighted by Gasteiger charge is -2.35. The van der Waals surface area contributed by atoms with Crippen molar-refractivity contribution in [3.05, 3.63) is 59.2 Å². The number of carbonyl (C=O) groups excluding carboxylic acids is 1. The molecule has 0 N–H and O–H groups in total. The van der Waals surface area contributed by atoms with Gasteiger partial charge in [-0.2, -0.15) is 11.8 Å². The number of nitrogens with zero attached hydrogens (tertiary/aromatic N) is 2. The van der Waals surface area contributed by atoms with Crippen molar-refractivity contribution in [2.24, 2.45) is 0 Å². The quantitative estimate of drug-likeness (QED) is 0.711. The molecule has 3 rings (SSSR count). The first-order valence-electron chi connectivity index (χ1n) is 9.45. The Morgan fingerprint density at radius 1 is 0.929 bits per heavy atom. The van der Waals surface area contributed by atoms with E-state index < -0.39 is 0 Å². The van der Waals surface area contributed by atoms with Crippen LogP contribution in [0.5, 0.6) is 11.5 Å². The van der Waals surface area contributed by atoms with Crippen molar-refractivity contribution < 1.29 is 14.3 Å². The first-order chi connectivity index (χ1) is 13.6. The van der Waals surface area contributed by atoms with E-state index in [1.807, 2.05) is 29.2 Å². The molecule has 0 aliphatic carbocycles. The average Bonchev–Trinajstić information content (AvgIpc) is 2.74. The van der Waals surface area contributed by atoms with Crippen LogP contribution >= 0.6 is 11.8 Å². The van der Waals surface area contributed by atoms with Crippen LogP contribution in [-0.4, -0.2) is 62.4 Å². The summed E-state index contributed by atoms with van der Waals surface area (Å²) in [6, 6.07) is 14.0. The highest BCUT2D eigenvalue weighted by Crippen LogP contribution is 2.28. The molecule has 1 saturated heterocycles. The monoisotopic (exact) mass is 400 g/mol. The molecule has 0 aromatic heterocycles. The SMILES string of the molecule is COc1ccc(CN2CCN(C(=O)c3ccc(CSC)cc3)CC2)cc1OC. The van der Waals surface area contributed by atoms with Crippen molar-refractivity contribution in [1.29, 1.82) is 0 Å². The number of piperazine rings is 1. The van der Waals surface area contributed by atoms with E-state index in [1.54, 1.807) is 26.0 Å². The summed E-state index contributed by atoms with van der Waals surface area (Å²) < 4.78 is 10.7. The predicted molar refractivity (Wildman–Crippen MR) is 114 cm³/mol. The van der Waals surface area contributed by atoms with Crippen molar-refractivity contribution >= 4 is 17.7 Å². The Kier molecular flexibility index (Phi) is 7.23. The van der Waals surface area contributed by atoms with Gasteiger partial charge in [0, 0.05) is 44.0 Å². The largest absolute Gasteiger partial charge is 0.493 e. The number of ether oxygens (including phenoxy) is 2. The van der Waals surface area contributed by atoms with Crippen LogP contribution in [0.15, 0.2) is 42.5 Å². The number of amides is 1. The van der Waals surface area contributed by atoms with E-state index in [4.69, 9.17) is 9.47 Å². The van der Waals surface area contributed by atoms with Gasteiger partial charge in [0.05, 0.1) is 14.2 Å². The highest BCUT2D eigenvalue weighted by Gasteiger charge is 2.22. The molecule has 2 aromatic carbocycles. The van der Waals surface area contributed by atoms with Crippen molar-refractivity contribution in [3.63, 3.8) is 0 Å². The molecule has 28 heavy (non-hydrogen) atoms. The second kappa shape index (κ2) is 9.85. The number of rotatable bonds is 7. The predicted octanol–water partition coefficient (Wildman–Crippen LogP) is 3.52. The number of hydrogen-bond acceptors (Lipinski definition) is 5. The van der Waals surface area contributed by atoms with Crippen LogP contribution < -0.4 is 9.47 Å². The number of thioether (sulfide) groups is 1. The van der Waals surface area contributed by atoms with Gasteiger partial charge in [-0.05, 0) is 41.6 Å². The van der Waals surface area contributed by atoms with Gasteiger partial charge in [0.25, 0.3) is 5.91 Å². The molecule has 0 unspecified atom stereocenters. The lowest BCUT2D eigenvalue weighted by Crippen LogP contribution is -2.48. The fraction of sp³-hybridized carbons (Fsp3) is 0.409. The lowest BCUT2D eigenvalue weighted by atomic mass is 10.1. The van der Waals surface area contributed by atoms with Crippen LogP contribution in [0.1, 0.15) is 21.5 Å². The van der Waals surface area contributed by atoms with E-state index in [0.29, 0.717) is 0 Å². The fourth-order valence-corrected chi connectivity index (χ4v) is 3.96. The Labute approximate surface area is 171 Å². The molecular weight excluding hydrogens is 372 g/mol. The van der Waals surface area contributed by atoms with E-state index in [2.05, 4.69) is 29.4 Å². The first-order valence-corrected chi connectivity index (χ1v) is 10.8. The van der Waals surface area contributed by atoms with Gasteiger partial charge in [-0.1, -0.05) is 18.2 Å². The summed E-state index contributed by atoms with van der Waals surface area (Å²) in [4.78, 5) is 17.1. The van der Waals surface area contributed by atoms with E-state index in [0.717, 1.165) is 55.5 Å². The summed E-state index contributed by atoms with van der Waals surface area (Å²) >= 11 is 1.79. The normalized spacial score (nSPS) is 14.8. The zero-order valence-corrected chi connectivity index (χ0v) is 17.6. The maximum atomic E-state index is 12.8. The van der Waals surface area contributed by atoms with Crippen LogP contribution in [0.4, 0.5) is 0 Å². The van der Waals surface area contributed by atoms with E-state index in [9.17, 15) is 4.79 Å². The van der Waals surface area contributed by atoms with Crippen LogP contribution in [-0.2, 0) is 12.3 Å². The van der Waals surface area contributed by atoms with Crippen molar-refractivity contribution in [2.45, 2.75) is 12.3 Å². The summed E-state index contributed by atoms with van der Waals surface area (Å²) in [5.41, 5.74) is 3.21. The molecule has 1 amide bonds. The molecule has 6 heteroatoms. The zero-order chi connectivity index (χ0) is 19.9. The Balaban J connectivity index is 1.54. The average molecular weight is 401 g/mol. The summed E-state index contributed by atoms with van der Waals surface area (Å²) in [6.45, 7) is 4.07. The van der Waals surface area contributed by atoms with Gasteiger partial charge in [0.1, 0.15) is 0 Å². The van der Waals surface area contributed by atoms with Gasteiger partial charge in [0.15, 0.2) is 11.5 Å². The molecule has 0 spiro atoms. The maximum absolute atomic E-state index is 12.8. The Hall–Kier alpha value is -2.18. The Bertz CT molecular complexity index is 787. The van der Waals surface area contributed by atoms with Gasteiger partial charge in [-0.15, -0.1) is 0 Å². The molecule has 1 fully saturated rings. The second-order valence-electron chi connectivity index (χ2n) is 6.89. The van der Waals surface area contributed by atoms with Crippen molar-refractivity contribution in [2.75, 3.05) is 46.7 Å². The molecule has 0 saturated carbocycles. The third-order valence-electron chi connectivity index (χ3n) is 5.03. The lowest BCUT2D eigenvalue weighted by molar-refractivity contribution is 0.0628. The number of hydrogen-bond donors (Lipinski definition) is 0. The van der Waals surface area contributed by atoms with Crippen LogP contribution in [0.3, 0.4) is 0 Å². The third kappa shape index (κ3) is 5.00. The molecule has 1 aliphatic heterocycles. The van der Waals surface area contributed by atoms with E-state index in [1.165, 1.54) is 11.1 Å². The minimum atomic E-state index is 0.126. The molecule has 0 radical (unpaired) electrons. The molecule has 2 aromatic rings. The molecule has 150 valence electrons. The van der Waals surface area contributed by atoms with Gasteiger partial charge in [-0.3, -0.25) is 9.69 Å². The standard InChI is InChI=1S/C22H28N2O3S/c1-26-20-9-6-18(14-21(20)27-2)15-23-10-12-24(13-11-23)22(25)19-7-4-17(5-8-19)16-28-3/h4-9,14H,10-13,15-16H2,1-3H3. The van der Waals surface area contributed by atoms with Crippen LogP contribution in [0.25, 0.3) is 0 Å². The van der Waals surface area contributed by atoms with E-state index in [-0.39, 0.29) is 5.91 Å². The number of benzene rings is 2. The summed E-state index contributed by atoms with van der Waals surface area (Å²) in [7, 11) is 3.30. The van der Waals surface area contributed by atoms with Gasteiger partial charge < -0.3 is 14.4 Å². The molecule has 0 atom stereocenters. The summed E-state index contributed by atoms with van der Waals surface area (Å²) in [5, 5.41) is 0. The smallest absolute Gasteiger partial charge is 0.253 e. The number of carbonyl (C=O) groups is 1. The van der Waals surface area contributed by atoms with Crippen molar-refractivity contribution in [1.82, 2.24) is 9.80 Å². The van der Waals surface area contributed by atoms with Crippen LogP contribution in [0, 0.1) is 0 Å². The minimum absolute atomic E-state index is 0.126. The van der Waals surface area contributed by atoms with Gasteiger partial charge in [0.2, 0.25) is 0 Å². The molecular formula is C22H28N2O3S. The van der Waals surface area contributed by atoms with Gasteiger partial charge >= 0.3 is 0 Å². The van der Waals surface area contributed by atoms with Gasteiger partial charge in [-0.25, -0.2) is 0 Å². The zero-order valence-electron chi connectivity index (χ0n) is 16.8. The molecule has 0 bridgehead atoms. The summed E-state index contributed by atoms with van der Waals surface area (Å²) in [6.07, 6.45) is 2.08. The topological polar surface area (TPSA) is 42.0 Å². The maximum Gasteiger partial charge on any atom is 0.253 e. The summed E-state index contributed by atoms with van der Waals surface area (Å²) in [5.74, 6) is 2.59. The highest BCUT2D eigenvalue weighted by molar-refractivity contribution is 7.97. The van der Waals surface area contributed by atoms with E-state index >= 15 is 0 Å². The number of methoxy groups -OCH3 is 2. The minimum Gasteiger partial charge on any atom is -0.493 e. The molecule has 1 heterocycles. The van der Waals surface area contributed by atoms with Crippen LogP contribution in [0.2, 0.25) is 0 Å². The second-order valence-corrected chi connectivity index (χ2v) is 7.75. The third-order valence-corrected chi connectivity index (χ3v) is 5.65.